The van der Waals surface area contributed by atoms with E-state index in [1.54, 1.807) is 6.07 Å². The first-order valence-electron chi connectivity index (χ1n) is 11.1. The van der Waals surface area contributed by atoms with Crippen molar-refractivity contribution in [1.29, 1.82) is 0 Å². The predicted molar refractivity (Wildman–Crippen MR) is 130 cm³/mol. The van der Waals surface area contributed by atoms with Crippen LogP contribution in [0.25, 0.3) is 22.2 Å². The van der Waals surface area contributed by atoms with Gasteiger partial charge in [-0.05, 0) is 56.6 Å². The summed E-state index contributed by atoms with van der Waals surface area (Å²) < 4.78 is 40.8. The first-order chi connectivity index (χ1) is 16.7. The molecule has 0 aliphatic carbocycles. The Bertz CT molecular complexity index is 1550. The zero-order chi connectivity index (χ0) is 24.7. The molecule has 0 spiro atoms. The van der Waals surface area contributed by atoms with Crippen molar-refractivity contribution in [3.05, 3.63) is 45.4 Å². The maximum absolute atomic E-state index is 11.9. The monoisotopic (exact) mass is 521 g/mol. The number of halogens is 1. The number of nitrogens with zero attached hydrogens (tertiary/aromatic N) is 2. The van der Waals surface area contributed by atoms with Crippen LogP contribution in [-0.2, 0) is 16.6 Å². The molecular weight excluding hydrogens is 498 g/mol. The summed E-state index contributed by atoms with van der Waals surface area (Å²) >= 11 is 6.14. The van der Waals surface area contributed by atoms with E-state index in [2.05, 4.69) is 15.3 Å². The average Bonchev–Trinajstić information content (AvgIpc) is 3.39. The van der Waals surface area contributed by atoms with Crippen molar-refractivity contribution >= 4 is 49.8 Å². The predicted octanol–water partition coefficient (Wildman–Crippen LogP) is 2.72. The number of H-pyrrole nitrogens is 1. The van der Waals surface area contributed by atoms with Crippen molar-refractivity contribution in [2.24, 2.45) is 5.14 Å². The van der Waals surface area contributed by atoms with Gasteiger partial charge in [0.2, 0.25) is 10.0 Å². The fourth-order valence-corrected chi connectivity index (χ4v) is 5.44. The number of piperidine rings is 1. The summed E-state index contributed by atoms with van der Waals surface area (Å²) in [7, 11) is -4.03. The molecule has 35 heavy (non-hydrogen) atoms. The summed E-state index contributed by atoms with van der Waals surface area (Å²) in [6.07, 6.45) is 1.70. The molecule has 1 aliphatic rings. The second-order valence-corrected chi connectivity index (χ2v) is 10.3. The molecule has 3 heterocycles. The Morgan fingerprint density at radius 1 is 1.20 bits per heavy atom. The average molecular weight is 522 g/mol. The van der Waals surface area contributed by atoms with Crippen LogP contribution in [-0.4, -0.2) is 44.1 Å². The highest BCUT2D eigenvalue weighted by Crippen LogP contribution is 2.33. The largest absolute Gasteiger partial charge is 0.492 e. The molecule has 4 N–H and O–H groups in total. The SMILES string of the molecule is CCOc1cc(CN(c2nc3cc(Cl)c(S(N)(=O)=O)cc3o2)C2CCNCC2)cc2oc(=O)[nH]c12. The lowest BCUT2D eigenvalue weighted by atomic mass is 10.0. The van der Waals surface area contributed by atoms with Crippen LogP contribution in [0.5, 0.6) is 5.75 Å². The van der Waals surface area contributed by atoms with Crippen LogP contribution in [0.1, 0.15) is 25.3 Å². The number of sulfonamides is 1. The summed E-state index contributed by atoms with van der Waals surface area (Å²) in [6, 6.07) is 6.77. The Kier molecular flexibility index (Phi) is 6.21. The number of ether oxygens (including phenoxy) is 1. The quantitative estimate of drug-likeness (QED) is 0.332. The van der Waals surface area contributed by atoms with Gasteiger partial charge in [-0.25, -0.2) is 18.4 Å². The van der Waals surface area contributed by atoms with Crippen molar-refractivity contribution in [1.82, 2.24) is 15.3 Å². The minimum atomic E-state index is -4.03. The highest BCUT2D eigenvalue weighted by atomic mass is 35.5. The van der Waals surface area contributed by atoms with Crippen LogP contribution < -0.4 is 25.8 Å². The number of anilines is 1. The van der Waals surface area contributed by atoms with Crippen LogP contribution in [0, 0.1) is 0 Å². The van der Waals surface area contributed by atoms with E-state index < -0.39 is 15.8 Å². The minimum Gasteiger partial charge on any atom is -0.492 e. The Morgan fingerprint density at radius 2 is 1.97 bits per heavy atom. The van der Waals surface area contributed by atoms with Gasteiger partial charge in [-0.3, -0.25) is 4.98 Å². The molecule has 0 saturated carbocycles. The number of rotatable bonds is 7. The van der Waals surface area contributed by atoms with E-state index in [-0.39, 0.29) is 21.5 Å². The van der Waals surface area contributed by atoms with Gasteiger partial charge in [-0.15, -0.1) is 0 Å². The fourth-order valence-electron chi connectivity index (χ4n) is 4.36. The van der Waals surface area contributed by atoms with E-state index in [9.17, 15) is 13.2 Å². The summed E-state index contributed by atoms with van der Waals surface area (Å²) in [5, 5.41) is 8.60. The number of hydrogen-bond donors (Lipinski definition) is 3. The molecule has 0 amide bonds. The molecule has 1 fully saturated rings. The van der Waals surface area contributed by atoms with Crippen LogP contribution in [0.15, 0.2) is 42.8 Å². The second kappa shape index (κ2) is 9.19. The molecule has 1 aliphatic heterocycles. The molecule has 2 aromatic carbocycles. The Morgan fingerprint density at radius 3 is 2.69 bits per heavy atom. The summed E-state index contributed by atoms with van der Waals surface area (Å²) in [5.41, 5.74) is 2.39. The van der Waals surface area contributed by atoms with Gasteiger partial charge >= 0.3 is 5.76 Å². The number of oxazole rings is 2. The van der Waals surface area contributed by atoms with Crippen LogP contribution in [0.4, 0.5) is 6.01 Å². The fraction of sp³-hybridized carbons (Fsp3) is 0.364. The van der Waals surface area contributed by atoms with Crippen molar-refractivity contribution < 1.29 is 22.0 Å². The first-order valence-corrected chi connectivity index (χ1v) is 13.0. The minimum absolute atomic E-state index is 0.0254. The van der Waals surface area contributed by atoms with Gasteiger partial charge in [-0.1, -0.05) is 11.6 Å². The normalized spacial score (nSPS) is 15.2. The third kappa shape index (κ3) is 4.74. The molecule has 1 saturated heterocycles. The summed E-state index contributed by atoms with van der Waals surface area (Å²) in [5.74, 6) is -0.0481. The maximum atomic E-state index is 11.9. The van der Waals surface area contributed by atoms with Gasteiger partial charge in [0.05, 0.1) is 11.6 Å². The zero-order valence-corrected chi connectivity index (χ0v) is 20.4. The maximum Gasteiger partial charge on any atom is 0.417 e. The van der Waals surface area contributed by atoms with Crippen LogP contribution in [0.3, 0.4) is 0 Å². The number of fused-ring (bicyclic) bond motifs is 2. The third-order valence-corrected chi connectivity index (χ3v) is 7.32. The molecule has 13 heteroatoms. The molecule has 0 radical (unpaired) electrons. The lowest BCUT2D eigenvalue weighted by Gasteiger charge is -2.33. The number of benzene rings is 2. The highest BCUT2D eigenvalue weighted by molar-refractivity contribution is 7.89. The van der Waals surface area contributed by atoms with Crippen molar-refractivity contribution in [3.63, 3.8) is 0 Å². The number of primary sulfonamides is 1. The standard InChI is InChI=1S/C22H24ClN5O6S/c1-2-32-17-7-12(8-18-20(17)27-22(29)34-18)11-28(13-3-5-25-6-4-13)21-26-15-9-14(23)19(35(24,30)31)10-16(15)33-21/h7-10,13,25H,2-6,11H2,1H3,(H,27,29)(H2,24,30,31). The number of hydrogen-bond acceptors (Lipinski definition) is 9. The van der Waals surface area contributed by atoms with Gasteiger partial charge in [-0.2, -0.15) is 4.98 Å². The van der Waals surface area contributed by atoms with Crippen LogP contribution >= 0.6 is 11.6 Å². The zero-order valence-electron chi connectivity index (χ0n) is 18.8. The number of nitrogens with one attached hydrogen (secondary N) is 2. The number of aromatic nitrogens is 2. The topological polar surface area (TPSA) is 157 Å². The Labute approximate surface area is 205 Å². The molecule has 5 rings (SSSR count). The third-order valence-electron chi connectivity index (χ3n) is 5.94. The number of aromatic amines is 1. The lowest BCUT2D eigenvalue weighted by molar-refractivity contribution is 0.343. The van der Waals surface area contributed by atoms with Gasteiger partial charge in [0, 0.05) is 18.7 Å². The molecule has 11 nitrogen and oxygen atoms in total. The number of nitrogens with two attached hydrogens (primary N) is 1. The van der Waals surface area contributed by atoms with Crippen LogP contribution in [0.2, 0.25) is 5.02 Å². The molecule has 186 valence electrons. The van der Waals surface area contributed by atoms with Gasteiger partial charge in [0.25, 0.3) is 6.01 Å². The highest BCUT2D eigenvalue weighted by Gasteiger charge is 2.27. The molecule has 0 atom stereocenters. The second-order valence-electron chi connectivity index (χ2n) is 8.32. The Hall–Kier alpha value is -3.06. The smallest absolute Gasteiger partial charge is 0.417 e. The van der Waals surface area contributed by atoms with E-state index in [4.69, 9.17) is 30.3 Å². The molecular formula is C22H24ClN5O6S. The van der Waals surface area contributed by atoms with E-state index in [1.807, 2.05) is 17.9 Å². The van der Waals surface area contributed by atoms with E-state index in [1.165, 1.54) is 12.1 Å². The molecule has 0 unspecified atom stereocenters. The van der Waals surface area contributed by atoms with Crippen molar-refractivity contribution in [3.8, 4) is 5.75 Å². The van der Waals surface area contributed by atoms with Gasteiger partial charge in [0.15, 0.2) is 11.2 Å². The lowest BCUT2D eigenvalue weighted by Crippen LogP contribution is -2.43. The van der Waals surface area contributed by atoms with Gasteiger partial charge < -0.3 is 23.8 Å². The molecule has 2 aromatic heterocycles. The summed E-state index contributed by atoms with van der Waals surface area (Å²) in [6.45, 7) is 4.33. The van der Waals surface area contributed by atoms with E-state index >= 15 is 0 Å². The molecule has 0 bridgehead atoms. The molecule has 4 aromatic rings. The Balaban J connectivity index is 1.58. The van der Waals surface area contributed by atoms with Crippen molar-refractivity contribution in [2.45, 2.75) is 37.2 Å². The van der Waals surface area contributed by atoms with E-state index in [0.29, 0.717) is 41.5 Å². The first kappa shape index (κ1) is 23.7. The van der Waals surface area contributed by atoms with Gasteiger partial charge in [0.1, 0.15) is 21.7 Å². The van der Waals surface area contributed by atoms with E-state index in [0.717, 1.165) is 31.5 Å². The summed E-state index contributed by atoms with van der Waals surface area (Å²) in [4.78, 5) is 20.8. The van der Waals surface area contributed by atoms with Crippen molar-refractivity contribution in [2.75, 3.05) is 24.6 Å².